The second-order valence-corrected chi connectivity index (χ2v) is 6.57. The summed E-state index contributed by atoms with van der Waals surface area (Å²) in [5.41, 5.74) is 2.43. The molecule has 1 heterocycles. The molecule has 0 spiro atoms. The first kappa shape index (κ1) is 20.5. The van der Waals surface area contributed by atoms with Crippen LogP contribution in [0, 0.1) is 0 Å². The highest BCUT2D eigenvalue weighted by atomic mass is 16.5. The van der Waals surface area contributed by atoms with Gasteiger partial charge in [-0.25, -0.2) is 4.68 Å². The van der Waals surface area contributed by atoms with Gasteiger partial charge in [-0.05, 0) is 18.9 Å². The molecule has 150 valence electrons. The molecule has 0 bridgehead atoms. The maximum absolute atomic E-state index is 13.0. The molecule has 3 rings (SSSR count). The second-order valence-electron chi connectivity index (χ2n) is 6.57. The summed E-state index contributed by atoms with van der Waals surface area (Å²) in [4.78, 5) is 26.0. The van der Waals surface area contributed by atoms with E-state index in [0.717, 1.165) is 11.1 Å². The van der Waals surface area contributed by atoms with E-state index in [9.17, 15) is 9.59 Å². The topological polar surface area (TPSA) is 73.2 Å². The van der Waals surface area contributed by atoms with Crippen LogP contribution in [0.3, 0.4) is 0 Å². The Morgan fingerprint density at radius 1 is 1.03 bits per heavy atom. The minimum atomic E-state index is -0.425. The van der Waals surface area contributed by atoms with Crippen molar-refractivity contribution in [3.8, 4) is 22.4 Å². The summed E-state index contributed by atoms with van der Waals surface area (Å²) < 4.78 is 6.53. The molecule has 0 atom stereocenters. The highest BCUT2D eigenvalue weighted by molar-refractivity contribution is 6.03. The molecule has 6 nitrogen and oxygen atoms in total. The number of hydrogen-bond donors (Lipinski definition) is 1. The van der Waals surface area contributed by atoms with Gasteiger partial charge >= 0.3 is 0 Å². The molecule has 2 aromatic carbocycles. The predicted molar refractivity (Wildman–Crippen MR) is 114 cm³/mol. The van der Waals surface area contributed by atoms with Crippen LogP contribution in [0.5, 0.6) is 0 Å². The third-order valence-corrected chi connectivity index (χ3v) is 4.54. The van der Waals surface area contributed by atoms with Crippen LogP contribution in [-0.4, -0.2) is 35.4 Å². The van der Waals surface area contributed by atoms with Crippen LogP contribution in [0.15, 0.2) is 65.5 Å². The largest absolute Gasteiger partial charge is 0.382 e. The van der Waals surface area contributed by atoms with Crippen LogP contribution in [0.25, 0.3) is 22.4 Å². The third kappa shape index (κ3) is 4.78. The van der Waals surface area contributed by atoms with Gasteiger partial charge in [0.2, 0.25) is 0 Å². The molecule has 0 aliphatic rings. The summed E-state index contributed by atoms with van der Waals surface area (Å²) >= 11 is 0. The number of hydrogen-bond acceptors (Lipinski definition) is 4. The van der Waals surface area contributed by atoms with Crippen LogP contribution in [0.1, 0.15) is 23.7 Å². The van der Waals surface area contributed by atoms with E-state index >= 15 is 0 Å². The van der Waals surface area contributed by atoms with E-state index in [1.807, 2.05) is 67.6 Å². The number of rotatable bonds is 8. The Morgan fingerprint density at radius 2 is 1.66 bits per heavy atom. The highest BCUT2D eigenvalue weighted by Crippen LogP contribution is 2.31. The first-order chi connectivity index (χ1) is 14.1. The van der Waals surface area contributed by atoms with Crippen LogP contribution in [0.4, 0.5) is 0 Å². The lowest BCUT2D eigenvalue weighted by molar-refractivity contribution is 0.0942. The minimum Gasteiger partial charge on any atom is -0.382 e. The third-order valence-electron chi connectivity index (χ3n) is 4.54. The molecule has 3 aromatic rings. The van der Waals surface area contributed by atoms with Gasteiger partial charge in [0, 0.05) is 37.9 Å². The van der Waals surface area contributed by atoms with Gasteiger partial charge in [-0.1, -0.05) is 60.7 Å². The molecule has 0 aliphatic heterocycles. The summed E-state index contributed by atoms with van der Waals surface area (Å²) in [6.45, 7) is 3.55. The zero-order valence-electron chi connectivity index (χ0n) is 16.7. The Morgan fingerprint density at radius 3 is 2.28 bits per heavy atom. The maximum atomic E-state index is 13.0. The minimum absolute atomic E-state index is 0.101. The molecule has 0 aliphatic carbocycles. The normalized spacial score (nSPS) is 10.7. The van der Waals surface area contributed by atoms with E-state index < -0.39 is 11.5 Å². The van der Waals surface area contributed by atoms with Crippen molar-refractivity contribution in [2.75, 3.05) is 19.8 Å². The Labute approximate surface area is 170 Å². The Bertz CT molecular complexity index is 1010. The first-order valence-electron chi connectivity index (χ1n) is 9.71. The molecular weight excluding hydrogens is 366 g/mol. The van der Waals surface area contributed by atoms with Crippen molar-refractivity contribution >= 4 is 5.91 Å². The molecule has 6 heteroatoms. The summed E-state index contributed by atoms with van der Waals surface area (Å²) in [6, 6.07) is 19.0. The lowest BCUT2D eigenvalue weighted by Crippen LogP contribution is -2.35. The van der Waals surface area contributed by atoms with Crippen molar-refractivity contribution in [3.63, 3.8) is 0 Å². The van der Waals surface area contributed by atoms with Gasteiger partial charge in [-0.3, -0.25) is 9.59 Å². The van der Waals surface area contributed by atoms with E-state index in [0.29, 0.717) is 37.4 Å². The number of nitrogens with zero attached hydrogens (tertiary/aromatic N) is 2. The molecule has 0 fully saturated rings. The van der Waals surface area contributed by atoms with Gasteiger partial charge < -0.3 is 10.1 Å². The van der Waals surface area contributed by atoms with E-state index in [2.05, 4.69) is 10.4 Å². The number of carbonyl (C=O) groups excluding carboxylic acids is 1. The van der Waals surface area contributed by atoms with Crippen molar-refractivity contribution in [1.29, 1.82) is 0 Å². The first-order valence-corrected chi connectivity index (χ1v) is 9.71. The molecule has 1 aromatic heterocycles. The number of ether oxygens (including phenoxy) is 1. The molecule has 0 unspecified atom stereocenters. The zero-order valence-corrected chi connectivity index (χ0v) is 16.7. The van der Waals surface area contributed by atoms with Gasteiger partial charge in [0.25, 0.3) is 11.5 Å². The van der Waals surface area contributed by atoms with Gasteiger partial charge in [0.15, 0.2) is 0 Å². The van der Waals surface area contributed by atoms with Gasteiger partial charge in [0.1, 0.15) is 5.56 Å². The highest BCUT2D eigenvalue weighted by Gasteiger charge is 2.24. The van der Waals surface area contributed by atoms with Crippen molar-refractivity contribution in [2.24, 2.45) is 7.05 Å². The molecule has 0 saturated carbocycles. The standard InChI is InChI=1S/C23H25N3O3/c1-3-29-16-10-15-24-22(27)20-19(17-11-6-4-7-12-17)21(25-26(2)23(20)28)18-13-8-5-9-14-18/h4-9,11-14H,3,10,15-16H2,1-2H3,(H,24,27). The Balaban J connectivity index is 2.10. The lowest BCUT2D eigenvalue weighted by atomic mass is 9.95. The lowest BCUT2D eigenvalue weighted by Gasteiger charge is -2.16. The van der Waals surface area contributed by atoms with E-state index in [-0.39, 0.29) is 5.56 Å². The number of aryl methyl sites for hydroxylation is 1. The van der Waals surface area contributed by atoms with Crippen molar-refractivity contribution in [3.05, 3.63) is 76.6 Å². The number of carbonyl (C=O) groups is 1. The molecule has 1 amide bonds. The van der Waals surface area contributed by atoms with Gasteiger partial charge in [-0.15, -0.1) is 0 Å². The summed E-state index contributed by atoms with van der Waals surface area (Å²) in [7, 11) is 1.56. The SMILES string of the molecule is CCOCCCNC(=O)c1c(-c2ccccc2)c(-c2ccccc2)nn(C)c1=O. The molecule has 0 saturated heterocycles. The quantitative estimate of drug-likeness (QED) is 0.598. The monoisotopic (exact) mass is 391 g/mol. The fraction of sp³-hybridized carbons (Fsp3) is 0.261. The predicted octanol–water partition coefficient (Wildman–Crippen LogP) is 3.27. The van der Waals surface area contributed by atoms with Gasteiger partial charge in [0.05, 0.1) is 5.69 Å². The summed E-state index contributed by atoms with van der Waals surface area (Å²) in [6.07, 6.45) is 0.678. The fourth-order valence-corrected chi connectivity index (χ4v) is 3.14. The van der Waals surface area contributed by atoms with Gasteiger partial charge in [-0.2, -0.15) is 5.10 Å². The summed E-state index contributed by atoms with van der Waals surface area (Å²) in [5.74, 6) is -0.402. The molecule has 0 radical (unpaired) electrons. The Hall–Kier alpha value is -3.25. The van der Waals surface area contributed by atoms with Crippen LogP contribution >= 0.6 is 0 Å². The summed E-state index contributed by atoms with van der Waals surface area (Å²) in [5, 5.41) is 7.34. The van der Waals surface area contributed by atoms with E-state index in [4.69, 9.17) is 4.74 Å². The van der Waals surface area contributed by atoms with E-state index in [1.54, 1.807) is 7.05 Å². The average molecular weight is 391 g/mol. The van der Waals surface area contributed by atoms with Crippen LogP contribution < -0.4 is 10.9 Å². The van der Waals surface area contributed by atoms with Crippen molar-refractivity contribution in [1.82, 2.24) is 15.1 Å². The van der Waals surface area contributed by atoms with E-state index in [1.165, 1.54) is 4.68 Å². The molecular formula is C23H25N3O3. The molecule has 29 heavy (non-hydrogen) atoms. The zero-order chi connectivity index (χ0) is 20.6. The maximum Gasteiger partial charge on any atom is 0.280 e. The van der Waals surface area contributed by atoms with Crippen LogP contribution in [-0.2, 0) is 11.8 Å². The molecule has 1 N–H and O–H groups in total. The van der Waals surface area contributed by atoms with Crippen molar-refractivity contribution < 1.29 is 9.53 Å². The Kier molecular flexibility index (Phi) is 6.92. The fourth-order valence-electron chi connectivity index (χ4n) is 3.14. The number of benzene rings is 2. The average Bonchev–Trinajstić information content (AvgIpc) is 2.76. The smallest absolute Gasteiger partial charge is 0.280 e. The number of amides is 1. The second kappa shape index (κ2) is 9.80. The number of nitrogens with one attached hydrogen (secondary N) is 1. The van der Waals surface area contributed by atoms with Crippen LogP contribution in [0.2, 0.25) is 0 Å². The van der Waals surface area contributed by atoms with Crippen molar-refractivity contribution in [2.45, 2.75) is 13.3 Å². The number of aromatic nitrogens is 2.